The molecular weight excluding hydrogens is 294 g/mol. The zero-order valence-corrected chi connectivity index (χ0v) is 13.5. The first-order valence-electron chi connectivity index (χ1n) is 7.74. The first-order chi connectivity index (χ1) is 10.6. The van der Waals surface area contributed by atoms with Crippen LogP contribution in [0.15, 0.2) is 48.5 Å². The van der Waals surface area contributed by atoms with Crippen LogP contribution in [-0.2, 0) is 11.2 Å². The molecule has 0 spiro atoms. The van der Waals surface area contributed by atoms with E-state index in [1.807, 2.05) is 12.1 Å². The molecule has 0 radical (unpaired) electrons. The minimum absolute atomic E-state index is 0.249. The van der Waals surface area contributed by atoms with Crippen molar-refractivity contribution in [2.45, 2.75) is 32.2 Å². The van der Waals surface area contributed by atoms with E-state index in [4.69, 9.17) is 11.6 Å². The lowest BCUT2D eigenvalue weighted by Gasteiger charge is -2.39. The molecule has 0 N–H and O–H groups in total. The van der Waals surface area contributed by atoms with Crippen LogP contribution in [-0.4, -0.2) is 12.3 Å². The normalized spacial score (nSPS) is 17.2. The summed E-state index contributed by atoms with van der Waals surface area (Å²) in [5, 5.41) is 0.751. The molecule has 2 nitrogen and oxygen atoms in total. The Labute approximate surface area is 136 Å². The molecule has 0 amide bonds. The molecule has 1 aliphatic rings. The third-order valence-corrected chi connectivity index (χ3v) is 4.59. The standard InChI is InChI=1S/C19H20ClNO/c1-14(22)6-11-19-18-5-3-2-4-15(18)12-13-21(19)17-9-7-16(20)8-10-17/h2-5,7-10,19H,6,11-13H2,1H3. The molecule has 0 saturated heterocycles. The highest BCUT2D eigenvalue weighted by molar-refractivity contribution is 6.30. The van der Waals surface area contributed by atoms with E-state index in [1.54, 1.807) is 6.92 Å². The van der Waals surface area contributed by atoms with Crippen molar-refractivity contribution in [1.29, 1.82) is 0 Å². The minimum Gasteiger partial charge on any atom is -0.364 e. The number of carbonyl (C=O) groups excluding carboxylic acids is 1. The van der Waals surface area contributed by atoms with Crippen molar-refractivity contribution >= 4 is 23.1 Å². The molecular formula is C19H20ClNO. The summed E-state index contributed by atoms with van der Waals surface area (Å²) in [5.41, 5.74) is 3.93. The number of halogens is 1. The van der Waals surface area contributed by atoms with Crippen LogP contribution in [0.25, 0.3) is 0 Å². The van der Waals surface area contributed by atoms with Gasteiger partial charge < -0.3 is 9.69 Å². The zero-order chi connectivity index (χ0) is 15.5. The lowest BCUT2D eigenvalue weighted by Crippen LogP contribution is -2.35. The fourth-order valence-corrected chi connectivity index (χ4v) is 3.37. The number of rotatable bonds is 4. The Morgan fingerprint density at radius 2 is 1.91 bits per heavy atom. The summed E-state index contributed by atoms with van der Waals surface area (Å²) in [6.07, 6.45) is 2.51. The van der Waals surface area contributed by atoms with Gasteiger partial charge in [-0.3, -0.25) is 0 Å². The van der Waals surface area contributed by atoms with E-state index in [1.165, 1.54) is 16.8 Å². The molecule has 114 valence electrons. The van der Waals surface area contributed by atoms with Gasteiger partial charge in [0.2, 0.25) is 0 Å². The second-order valence-electron chi connectivity index (χ2n) is 5.88. The molecule has 0 aliphatic carbocycles. The van der Waals surface area contributed by atoms with Gasteiger partial charge in [-0.1, -0.05) is 35.9 Å². The van der Waals surface area contributed by atoms with Gasteiger partial charge in [-0.15, -0.1) is 0 Å². The van der Waals surface area contributed by atoms with Gasteiger partial charge in [-0.2, -0.15) is 0 Å². The predicted molar refractivity (Wildman–Crippen MR) is 91.6 cm³/mol. The minimum atomic E-state index is 0.249. The van der Waals surface area contributed by atoms with E-state index in [0.717, 1.165) is 24.4 Å². The molecule has 1 aliphatic heterocycles. The second-order valence-corrected chi connectivity index (χ2v) is 6.31. The maximum atomic E-state index is 11.5. The maximum Gasteiger partial charge on any atom is 0.129 e. The smallest absolute Gasteiger partial charge is 0.129 e. The SMILES string of the molecule is CC(=O)CCC1c2ccccc2CCN1c1ccc(Cl)cc1. The van der Waals surface area contributed by atoms with E-state index in [0.29, 0.717) is 6.42 Å². The van der Waals surface area contributed by atoms with E-state index in [9.17, 15) is 4.79 Å². The Morgan fingerprint density at radius 1 is 1.18 bits per heavy atom. The Morgan fingerprint density at radius 3 is 2.64 bits per heavy atom. The Kier molecular flexibility index (Phi) is 4.49. The number of anilines is 1. The van der Waals surface area contributed by atoms with E-state index in [2.05, 4.69) is 41.3 Å². The third kappa shape index (κ3) is 3.17. The number of carbonyl (C=O) groups is 1. The predicted octanol–water partition coefficient (Wildman–Crippen LogP) is 4.81. The number of hydrogen-bond acceptors (Lipinski definition) is 2. The molecule has 3 rings (SSSR count). The van der Waals surface area contributed by atoms with Crippen molar-refractivity contribution in [3.05, 3.63) is 64.7 Å². The van der Waals surface area contributed by atoms with Crippen LogP contribution in [0.3, 0.4) is 0 Å². The van der Waals surface area contributed by atoms with E-state index in [-0.39, 0.29) is 11.8 Å². The number of fused-ring (bicyclic) bond motifs is 1. The molecule has 1 unspecified atom stereocenters. The van der Waals surface area contributed by atoms with Crippen LogP contribution in [0.5, 0.6) is 0 Å². The fraction of sp³-hybridized carbons (Fsp3) is 0.316. The summed E-state index contributed by atoms with van der Waals surface area (Å²) in [6.45, 7) is 2.64. The summed E-state index contributed by atoms with van der Waals surface area (Å²) >= 11 is 6.01. The van der Waals surface area contributed by atoms with Gasteiger partial charge in [0.1, 0.15) is 5.78 Å². The first-order valence-corrected chi connectivity index (χ1v) is 8.12. The third-order valence-electron chi connectivity index (χ3n) is 4.34. The molecule has 0 fully saturated rings. The largest absolute Gasteiger partial charge is 0.364 e. The van der Waals surface area contributed by atoms with Gasteiger partial charge in [-0.25, -0.2) is 0 Å². The van der Waals surface area contributed by atoms with Gasteiger partial charge in [0, 0.05) is 23.7 Å². The van der Waals surface area contributed by atoms with Gasteiger partial charge in [-0.05, 0) is 55.2 Å². The average molecular weight is 314 g/mol. The van der Waals surface area contributed by atoms with Crippen molar-refractivity contribution in [3.8, 4) is 0 Å². The summed E-state index contributed by atoms with van der Waals surface area (Å²) in [4.78, 5) is 13.9. The summed E-state index contributed by atoms with van der Waals surface area (Å²) < 4.78 is 0. The quantitative estimate of drug-likeness (QED) is 0.807. The molecule has 2 aromatic carbocycles. The maximum absolute atomic E-state index is 11.5. The number of ketones is 1. The van der Waals surface area contributed by atoms with Crippen LogP contribution >= 0.6 is 11.6 Å². The molecule has 22 heavy (non-hydrogen) atoms. The van der Waals surface area contributed by atoms with Gasteiger partial charge in [0.05, 0.1) is 6.04 Å². The molecule has 0 aromatic heterocycles. The van der Waals surface area contributed by atoms with E-state index >= 15 is 0 Å². The molecule has 0 bridgehead atoms. The van der Waals surface area contributed by atoms with E-state index < -0.39 is 0 Å². The van der Waals surface area contributed by atoms with Gasteiger partial charge in [0.25, 0.3) is 0 Å². The molecule has 1 heterocycles. The Balaban J connectivity index is 1.94. The molecule has 1 atom stereocenters. The van der Waals surface area contributed by atoms with Crippen LogP contribution in [0.4, 0.5) is 5.69 Å². The first kappa shape index (κ1) is 15.1. The van der Waals surface area contributed by atoms with Crippen LogP contribution in [0.1, 0.15) is 36.9 Å². The van der Waals surface area contributed by atoms with Crippen molar-refractivity contribution in [1.82, 2.24) is 0 Å². The Hall–Kier alpha value is -1.80. The Bertz CT molecular complexity index is 665. The van der Waals surface area contributed by atoms with Crippen molar-refractivity contribution in [3.63, 3.8) is 0 Å². The lowest BCUT2D eigenvalue weighted by molar-refractivity contribution is -0.117. The lowest BCUT2D eigenvalue weighted by atomic mass is 9.89. The number of Topliss-reactive ketones (excluding diaryl/α,β-unsaturated/α-hetero) is 1. The highest BCUT2D eigenvalue weighted by Gasteiger charge is 2.27. The highest BCUT2D eigenvalue weighted by Crippen LogP contribution is 2.36. The van der Waals surface area contributed by atoms with Crippen molar-refractivity contribution in [2.75, 3.05) is 11.4 Å². The van der Waals surface area contributed by atoms with Crippen molar-refractivity contribution < 1.29 is 4.79 Å². The van der Waals surface area contributed by atoms with Crippen LogP contribution in [0, 0.1) is 0 Å². The second kappa shape index (κ2) is 6.53. The number of hydrogen-bond donors (Lipinski definition) is 0. The van der Waals surface area contributed by atoms with Crippen molar-refractivity contribution in [2.24, 2.45) is 0 Å². The summed E-state index contributed by atoms with van der Waals surface area (Å²) in [7, 11) is 0. The van der Waals surface area contributed by atoms with Crippen LogP contribution < -0.4 is 4.90 Å². The van der Waals surface area contributed by atoms with Gasteiger partial charge >= 0.3 is 0 Å². The summed E-state index contributed by atoms with van der Waals surface area (Å²) in [5.74, 6) is 0.249. The molecule has 0 saturated carbocycles. The summed E-state index contributed by atoms with van der Waals surface area (Å²) in [6, 6.07) is 16.8. The van der Waals surface area contributed by atoms with Gasteiger partial charge in [0.15, 0.2) is 0 Å². The topological polar surface area (TPSA) is 20.3 Å². The highest BCUT2D eigenvalue weighted by atomic mass is 35.5. The fourth-order valence-electron chi connectivity index (χ4n) is 3.24. The number of nitrogens with zero attached hydrogens (tertiary/aromatic N) is 1. The average Bonchev–Trinajstić information content (AvgIpc) is 2.53. The zero-order valence-electron chi connectivity index (χ0n) is 12.8. The monoisotopic (exact) mass is 313 g/mol. The molecule has 2 aromatic rings. The molecule has 3 heteroatoms. The van der Waals surface area contributed by atoms with Crippen LogP contribution in [0.2, 0.25) is 5.02 Å². The number of benzene rings is 2.